The fraction of sp³-hybridized carbons (Fsp3) is 0.308. The molecule has 1 aliphatic rings. The number of hydrogen-bond donors (Lipinski definition) is 0. The van der Waals surface area contributed by atoms with E-state index in [0.29, 0.717) is 5.56 Å². The van der Waals surface area contributed by atoms with Gasteiger partial charge in [-0.3, -0.25) is 4.79 Å². The van der Waals surface area contributed by atoms with Gasteiger partial charge in [-0.1, -0.05) is 24.3 Å². The lowest BCUT2D eigenvalue weighted by Crippen LogP contribution is -2.38. The lowest BCUT2D eigenvalue weighted by Gasteiger charge is -2.30. The van der Waals surface area contributed by atoms with E-state index in [0.717, 1.165) is 14.5 Å². The number of rotatable bonds is 2. The van der Waals surface area contributed by atoms with E-state index in [9.17, 15) is 18.0 Å². The molecule has 0 bridgehead atoms. The highest BCUT2D eigenvalue weighted by molar-refractivity contribution is 14.1. The van der Waals surface area contributed by atoms with Gasteiger partial charge in [-0.15, -0.1) is 0 Å². The lowest BCUT2D eigenvalue weighted by molar-refractivity contribution is -0.144. The molecule has 0 N–H and O–H groups in total. The third-order valence-corrected chi connectivity index (χ3v) is 3.92. The molecule has 1 aromatic rings. The predicted molar refractivity (Wildman–Crippen MR) is 73.1 cm³/mol. The lowest BCUT2D eigenvalue weighted by atomic mass is 10.1. The van der Waals surface area contributed by atoms with Crippen molar-refractivity contribution < 1.29 is 18.0 Å². The van der Waals surface area contributed by atoms with Crippen molar-refractivity contribution in [3.8, 4) is 0 Å². The normalized spacial score (nSPS) is 16.5. The van der Waals surface area contributed by atoms with E-state index in [1.54, 1.807) is 18.2 Å². The maximum absolute atomic E-state index is 12.9. The van der Waals surface area contributed by atoms with Crippen molar-refractivity contribution in [3.63, 3.8) is 0 Å². The minimum absolute atomic E-state index is 0.0384. The Balaban J connectivity index is 2.30. The molecule has 0 aliphatic carbocycles. The first-order valence-electron chi connectivity index (χ1n) is 5.70. The molecule has 0 spiro atoms. The fourth-order valence-corrected chi connectivity index (χ4v) is 2.51. The van der Waals surface area contributed by atoms with Gasteiger partial charge in [0, 0.05) is 9.99 Å². The summed E-state index contributed by atoms with van der Waals surface area (Å²) >= 11 is 2.05. The van der Waals surface area contributed by atoms with Crippen LogP contribution in [0.4, 0.5) is 13.2 Å². The summed E-state index contributed by atoms with van der Waals surface area (Å²) in [6.07, 6.45) is -3.12. The Kier molecular flexibility index (Phi) is 4.17. The second kappa shape index (κ2) is 5.52. The van der Waals surface area contributed by atoms with Gasteiger partial charge in [-0.05, 0) is 40.6 Å². The van der Waals surface area contributed by atoms with Crippen LogP contribution in [0.25, 0.3) is 0 Å². The van der Waals surface area contributed by atoms with E-state index < -0.39 is 17.8 Å². The van der Waals surface area contributed by atoms with Crippen LogP contribution in [-0.2, 0) is 11.3 Å². The van der Waals surface area contributed by atoms with E-state index in [1.807, 2.05) is 6.07 Å². The summed E-state index contributed by atoms with van der Waals surface area (Å²) in [5.74, 6) is -0.477. The number of halogens is 4. The number of carbonyl (C=O) groups excluding carboxylic acids is 1. The number of nitrogens with zero attached hydrogens (tertiary/aromatic N) is 1. The Bertz CT molecular complexity index is 525. The smallest absolute Gasteiger partial charge is 0.304 e. The Morgan fingerprint density at radius 2 is 1.95 bits per heavy atom. The zero-order valence-corrected chi connectivity index (χ0v) is 12.0. The number of hydrogen-bond acceptors (Lipinski definition) is 1. The van der Waals surface area contributed by atoms with Crippen LogP contribution in [0.2, 0.25) is 0 Å². The van der Waals surface area contributed by atoms with Crippen LogP contribution in [0.3, 0.4) is 0 Å². The second-order valence-corrected chi connectivity index (χ2v) is 5.36. The first-order chi connectivity index (χ1) is 8.89. The van der Waals surface area contributed by atoms with Gasteiger partial charge in [0.2, 0.25) is 5.91 Å². The van der Waals surface area contributed by atoms with Crippen LogP contribution in [0.5, 0.6) is 0 Å². The Labute approximate surface area is 122 Å². The van der Waals surface area contributed by atoms with Gasteiger partial charge < -0.3 is 4.90 Å². The van der Waals surface area contributed by atoms with Crippen LogP contribution in [0.1, 0.15) is 18.4 Å². The highest BCUT2D eigenvalue weighted by Crippen LogP contribution is 2.33. The molecular weight excluding hydrogens is 370 g/mol. The van der Waals surface area contributed by atoms with Gasteiger partial charge in [0.25, 0.3) is 0 Å². The van der Waals surface area contributed by atoms with E-state index in [2.05, 4.69) is 22.6 Å². The quantitative estimate of drug-likeness (QED) is 0.713. The number of alkyl halides is 3. The van der Waals surface area contributed by atoms with Gasteiger partial charge in [0.05, 0.1) is 6.54 Å². The average Bonchev–Trinajstić information content (AvgIpc) is 2.33. The molecule has 0 saturated heterocycles. The minimum Gasteiger partial charge on any atom is -0.304 e. The van der Waals surface area contributed by atoms with Crippen molar-refractivity contribution in [2.24, 2.45) is 0 Å². The highest BCUT2D eigenvalue weighted by atomic mass is 127. The maximum Gasteiger partial charge on any atom is 0.431 e. The molecule has 2 nitrogen and oxygen atoms in total. The summed E-state index contributed by atoms with van der Waals surface area (Å²) in [7, 11) is 0. The van der Waals surface area contributed by atoms with E-state index in [1.165, 1.54) is 0 Å². The monoisotopic (exact) mass is 381 g/mol. The molecule has 1 heterocycles. The summed E-state index contributed by atoms with van der Waals surface area (Å²) in [6.45, 7) is -0.0384. The van der Waals surface area contributed by atoms with E-state index in [4.69, 9.17) is 0 Å². The number of allylic oxidation sites excluding steroid dienone is 2. The molecular formula is C13H11F3INO. The van der Waals surface area contributed by atoms with Gasteiger partial charge in [0.15, 0.2) is 0 Å². The zero-order chi connectivity index (χ0) is 14.0. The predicted octanol–water partition coefficient (Wildman–Crippen LogP) is 3.86. The standard InChI is InChI=1S/C13H11F3INO/c14-13(15,16)11-6-3-7-12(19)18(11)8-9-4-1-2-5-10(9)17/h1-2,4-6H,3,7-8H2. The van der Waals surface area contributed by atoms with Crippen molar-refractivity contribution in [1.29, 1.82) is 0 Å². The van der Waals surface area contributed by atoms with Crippen LogP contribution >= 0.6 is 22.6 Å². The van der Waals surface area contributed by atoms with Crippen molar-refractivity contribution >= 4 is 28.5 Å². The molecule has 0 saturated carbocycles. The third-order valence-electron chi connectivity index (χ3n) is 2.86. The van der Waals surface area contributed by atoms with Crippen LogP contribution in [0.15, 0.2) is 36.0 Å². The summed E-state index contributed by atoms with van der Waals surface area (Å²) in [4.78, 5) is 12.6. The summed E-state index contributed by atoms with van der Waals surface area (Å²) in [6, 6.07) is 7.10. The molecule has 2 rings (SSSR count). The molecule has 1 aromatic carbocycles. The molecule has 0 atom stereocenters. The molecule has 0 unspecified atom stereocenters. The van der Waals surface area contributed by atoms with Crippen LogP contribution in [-0.4, -0.2) is 17.0 Å². The molecule has 6 heteroatoms. The van der Waals surface area contributed by atoms with Crippen LogP contribution < -0.4 is 0 Å². The summed E-state index contributed by atoms with van der Waals surface area (Å²) in [5, 5.41) is 0. The fourth-order valence-electron chi connectivity index (χ4n) is 1.95. The van der Waals surface area contributed by atoms with Crippen molar-refractivity contribution in [2.75, 3.05) is 0 Å². The molecule has 1 amide bonds. The first-order valence-corrected chi connectivity index (χ1v) is 6.78. The molecule has 102 valence electrons. The summed E-state index contributed by atoms with van der Waals surface area (Å²) < 4.78 is 39.6. The maximum atomic E-state index is 12.9. The molecule has 19 heavy (non-hydrogen) atoms. The average molecular weight is 381 g/mol. The van der Waals surface area contributed by atoms with Crippen molar-refractivity contribution in [1.82, 2.24) is 4.90 Å². The molecule has 0 fully saturated rings. The van der Waals surface area contributed by atoms with Crippen molar-refractivity contribution in [3.05, 3.63) is 45.2 Å². The molecule has 0 aromatic heterocycles. The largest absolute Gasteiger partial charge is 0.431 e. The SMILES string of the molecule is O=C1CCC=C(C(F)(F)F)N1Cc1ccccc1I. The Hall–Kier alpha value is -1.05. The Morgan fingerprint density at radius 1 is 1.26 bits per heavy atom. The number of carbonyl (C=O) groups is 1. The van der Waals surface area contributed by atoms with Gasteiger partial charge in [-0.2, -0.15) is 13.2 Å². The van der Waals surface area contributed by atoms with Gasteiger partial charge in [-0.25, -0.2) is 0 Å². The first kappa shape index (κ1) is 14.4. The summed E-state index contributed by atoms with van der Waals surface area (Å²) in [5.41, 5.74) is -0.128. The second-order valence-electron chi connectivity index (χ2n) is 4.20. The molecule has 0 radical (unpaired) electrons. The highest BCUT2D eigenvalue weighted by Gasteiger charge is 2.41. The minimum atomic E-state index is -4.49. The third kappa shape index (κ3) is 3.29. The van der Waals surface area contributed by atoms with Crippen molar-refractivity contribution in [2.45, 2.75) is 25.6 Å². The van der Waals surface area contributed by atoms with E-state index in [-0.39, 0.29) is 19.4 Å². The number of amides is 1. The number of benzene rings is 1. The molecule has 1 aliphatic heterocycles. The topological polar surface area (TPSA) is 20.3 Å². The van der Waals surface area contributed by atoms with Crippen LogP contribution in [0, 0.1) is 3.57 Å². The van der Waals surface area contributed by atoms with Gasteiger partial charge in [0.1, 0.15) is 5.70 Å². The zero-order valence-electron chi connectivity index (χ0n) is 9.88. The van der Waals surface area contributed by atoms with Gasteiger partial charge >= 0.3 is 6.18 Å². The van der Waals surface area contributed by atoms with E-state index >= 15 is 0 Å². The Morgan fingerprint density at radius 3 is 2.58 bits per heavy atom.